The van der Waals surface area contributed by atoms with Crippen molar-refractivity contribution in [1.82, 2.24) is 4.90 Å². The van der Waals surface area contributed by atoms with Gasteiger partial charge in [-0.05, 0) is 50.3 Å². The lowest BCUT2D eigenvalue weighted by Gasteiger charge is -2.42. The molecule has 2 N–H and O–H groups in total. The first-order valence-electron chi connectivity index (χ1n) is 10.4. The van der Waals surface area contributed by atoms with Crippen LogP contribution in [-0.4, -0.2) is 35.2 Å². The number of benzene rings is 2. The molecule has 2 aliphatic rings. The highest BCUT2D eigenvalue weighted by Crippen LogP contribution is 2.44. The summed E-state index contributed by atoms with van der Waals surface area (Å²) in [5, 5.41) is 0. The van der Waals surface area contributed by atoms with E-state index in [1.807, 2.05) is 37.3 Å². The van der Waals surface area contributed by atoms with Gasteiger partial charge in [0.25, 0.3) is 5.91 Å². The second-order valence-corrected chi connectivity index (χ2v) is 8.13. The monoisotopic (exact) mass is 405 g/mol. The standard InChI is InChI=1S/C24H27N3O3/c1-16-9-11-17(12-10-16)20-23(29)27(24(26-20)13-4-3-5-14-24)21(22(25)28)18-7-6-8-19(15-18)30-2/h6-12,15,21H,3-5,13-14H2,1-2H3,(H2,25,28). The van der Waals surface area contributed by atoms with Crippen molar-refractivity contribution >= 4 is 17.5 Å². The molecule has 6 heteroatoms. The molecule has 1 fully saturated rings. The maximum absolute atomic E-state index is 13.7. The smallest absolute Gasteiger partial charge is 0.275 e. The van der Waals surface area contributed by atoms with Crippen LogP contribution in [0.15, 0.2) is 53.5 Å². The molecular weight excluding hydrogens is 378 g/mol. The van der Waals surface area contributed by atoms with Crippen molar-refractivity contribution in [3.05, 3.63) is 65.2 Å². The molecule has 0 aromatic heterocycles. The average molecular weight is 405 g/mol. The summed E-state index contributed by atoms with van der Waals surface area (Å²) in [6.45, 7) is 2.00. The van der Waals surface area contributed by atoms with Gasteiger partial charge in [0.1, 0.15) is 23.2 Å². The first-order valence-corrected chi connectivity index (χ1v) is 10.4. The van der Waals surface area contributed by atoms with Crippen LogP contribution in [0.2, 0.25) is 0 Å². The second kappa shape index (κ2) is 7.94. The molecule has 1 saturated carbocycles. The predicted molar refractivity (Wildman–Crippen MR) is 115 cm³/mol. The van der Waals surface area contributed by atoms with Crippen molar-refractivity contribution < 1.29 is 14.3 Å². The van der Waals surface area contributed by atoms with Crippen molar-refractivity contribution in [2.45, 2.75) is 50.7 Å². The molecule has 0 bridgehead atoms. The van der Waals surface area contributed by atoms with E-state index in [4.69, 9.17) is 15.5 Å². The molecule has 0 saturated heterocycles. The third-order valence-corrected chi connectivity index (χ3v) is 6.11. The summed E-state index contributed by atoms with van der Waals surface area (Å²) in [6, 6.07) is 14.0. The van der Waals surface area contributed by atoms with Gasteiger partial charge in [-0.15, -0.1) is 0 Å². The van der Waals surface area contributed by atoms with E-state index in [-0.39, 0.29) is 5.91 Å². The summed E-state index contributed by atoms with van der Waals surface area (Å²) >= 11 is 0. The number of amides is 2. The Hall–Kier alpha value is -3.15. The third-order valence-electron chi connectivity index (χ3n) is 6.11. The van der Waals surface area contributed by atoms with Gasteiger partial charge in [0.15, 0.2) is 0 Å². The topological polar surface area (TPSA) is 85.0 Å². The highest BCUT2D eigenvalue weighted by atomic mass is 16.5. The van der Waals surface area contributed by atoms with Crippen LogP contribution < -0.4 is 10.5 Å². The van der Waals surface area contributed by atoms with Crippen molar-refractivity contribution in [3.8, 4) is 5.75 Å². The van der Waals surface area contributed by atoms with Crippen LogP contribution in [0.1, 0.15) is 54.8 Å². The lowest BCUT2D eigenvalue weighted by Crippen LogP contribution is -2.53. The van der Waals surface area contributed by atoms with Crippen LogP contribution in [0.3, 0.4) is 0 Å². The van der Waals surface area contributed by atoms with Crippen molar-refractivity contribution in [1.29, 1.82) is 0 Å². The highest BCUT2D eigenvalue weighted by Gasteiger charge is 2.52. The van der Waals surface area contributed by atoms with E-state index >= 15 is 0 Å². The summed E-state index contributed by atoms with van der Waals surface area (Å²) in [6.07, 6.45) is 4.46. The quantitative estimate of drug-likeness (QED) is 0.826. The Bertz CT molecular complexity index is 991. The number of rotatable bonds is 5. The fourth-order valence-corrected chi connectivity index (χ4v) is 4.59. The van der Waals surface area contributed by atoms with Crippen LogP contribution in [0, 0.1) is 6.92 Å². The van der Waals surface area contributed by atoms with Gasteiger partial charge in [-0.25, -0.2) is 0 Å². The fourth-order valence-electron chi connectivity index (χ4n) is 4.59. The maximum atomic E-state index is 13.7. The number of ether oxygens (including phenoxy) is 1. The Balaban J connectivity index is 1.82. The predicted octanol–water partition coefficient (Wildman–Crippen LogP) is 3.52. The van der Waals surface area contributed by atoms with E-state index in [0.717, 1.165) is 43.2 Å². The summed E-state index contributed by atoms with van der Waals surface area (Å²) in [4.78, 5) is 33.0. The van der Waals surface area contributed by atoms with Crippen LogP contribution in [-0.2, 0) is 9.59 Å². The molecule has 2 amide bonds. The number of carbonyl (C=O) groups excluding carboxylic acids is 2. The molecule has 1 unspecified atom stereocenters. The molecule has 1 heterocycles. The number of nitrogens with two attached hydrogens (primary N) is 1. The van der Waals surface area contributed by atoms with E-state index in [1.165, 1.54) is 0 Å². The number of aryl methyl sites for hydroxylation is 1. The lowest BCUT2D eigenvalue weighted by atomic mass is 9.86. The third kappa shape index (κ3) is 3.47. The van der Waals surface area contributed by atoms with Crippen LogP contribution in [0.5, 0.6) is 5.75 Å². The molecule has 2 aromatic rings. The number of nitrogens with zero attached hydrogens (tertiary/aromatic N) is 2. The zero-order chi connectivity index (χ0) is 21.3. The molecule has 4 rings (SSSR count). The van der Waals surface area contributed by atoms with Crippen LogP contribution in [0.4, 0.5) is 0 Å². The minimum Gasteiger partial charge on any atom is -0.497 e. The van der Waals surface area contributed by atoms with Gasteiger partial charge in [-0.3, -0.25) is 19.5 Å². The normalized spacial score (nSPS) is 18.9. The fraction of sp³-hybridized carbons (Fsp3) is 0.375. The van der Waals surface area contributed by atoms with Gasteiger partial charge < -0.3 is 10.5 Å². The zero-order valence-electron chi connectivity index (χ0n) is 17.4. The molecule has 1 aliphatic heterocycles. The molecule has 156 valence electrons. The molecule has 6 nitrogen and oxygen atoms in total. The van der Waals surface area contributed by atoms with E-state index in [9.17, 15) is 9.59 Å². The van der Waals surface area contributed by atoms with Crippen LogP contribution >= 0.6 is 0 Å². The SMILES string of the molecule is COc1cccc(C(C(N)=O)N2C(=O)C(c3ccc(C)cc3)=NC23CCCCC3)c1. The molecule has 1 spiro atoms. The number of aliphatic imine (C=N–C) groups is 1. The largest absolute Gasteiger partial charge is 0.497 e. The molecule has 30 heavy (non-hydrogen) atoms. The van der Waals surface area contributed by atoms with Gasteiger partial charge >= 0.3 is 0 Å². The average Bonchev–Trinajstić information content (AvgIpc) is 3.01. The zero-order valence-corrected chi connectivity index (χ0v) is 17.4. The van der Waals surface area contributed by atoms with Gasteiger partial charge in [-0.1, -0.05) is 48.4 Å². The number of primary amides is 1. The van der Waals surface area contributed by atoms with E-state index in [1.54, 1.807) is 30.2 Å². The summed E-state index contributed by atoms with van der Waals surface area (Å²) in [5.74, 6) is -0.197. The Morgan fingerprint density at radius 2 is 1.83 bits per heavy atom. The number of carbonyl (C=O) groups is 2. The summed E-state index contributed by atoms with van der Waals surface area (Å²) < 4.78 is 5.33. The van der Waals surface area contributed by atoms with Crippen molar-refractivity contribution in [2.75, 3.05) is 7.11 Å². The molecular formula is C24H27N3O3. The Morgan fingerprint density at radius 1 is 1.13 bits per heavy atom. The minimum atomic E-state index is -0.905. The van der Waals surface area contributed by atoms with E-state index < -0.39 is 17.6 Å². The maximum Gasteiger partial charge on any atom is 0.275 e. The molecule has 1 aliphatic carbocycles. The summed E-state index contributed by atoms with van der Waals surface area (Å²) in [5.41, 5.74) is 8.06. The highest BCUT2D eigenvalue weighted by molar-refractivity contribution is 6.47. The van der Waals surface area contributed by atoms with Gasteiger partial charge in [0.05, 0.1) is 7.11 Å². The van der Waals surface area contributed by atoms with E-state index in [2.05, 4.69) is 0 Å². The van der Waals surface area contributed by atoms with Crippen LogP contribution in [0.25, 0.3) is 0 Å². The van der Waals surface area contributed by atoms with Gasteiger partial charge in [-0.2, -0.15) is 0 Å². The number of hydrogen-bond donors (Lipinski definition) is 1. The van der Waals surface area contributed by atoms with E-state index in [0.29, 0.717) is 17.0 Å². The lowest BCUT2D eigenvalue weighted by molar-refractivity contribution is -0.141. The summed E-state index contributed by atoms with van der Waals surface area (Å²) in [7, 11) is 1.57. The van der Waals surface area contributed by atoms with Crippen molar-refractivity contribution in [2.24, 2.45) is 10.7 Å². The Kier molecular flexibility index (Phi) is 5.33. The first-order chi connectivity index (χ1) is 14.4. The Labute approximate surface area is 176 Å². The minimum absolute atomic E-state index is 0.243. The number of hydrogen-bond acceptors (Lipinski definition) is 4. The second-order valence-electron chi connectivity index (χ2n) is 8.13. The first kappa shape index (κ1) is 20.1. The molecule has 1 atom stereocenters. The van der Waals surface area contributed by atoms with Gasteiger partial charge in [0, 0.05) is 5.56 Å². The van der Waals surface area contributed by atoms with Gasteiger partial charge in [0.2, 0.25) is 5.91 Å². The number of methoxy groups -OCH3 is 1. The molecule has 2 aromatic carbocycles. The van der Waals surface area contributed by atoms with Crippen molar-refractivity contribution in [3.63, 3.8) is 0 Å². The molecule has 0 radical (unpaired) electrons. The Morgan fingerprint density at radius 3 is 2.47 bits per heavy atom.